The molecule has 2 saturated heterocycles. The fraction of sp³-hybridized carbons (Fsp3) is 0.667. The third kappa shape index (κ3) is 2.61. The van der Waals surface area contributed by atoms with Crippen molar-refractivity contribution in [3.05, 3.63) is 17.0 Å². The standard InChI is InChI=1S/C15H22N4O3/c1-10-12(11(2)17-16-10)6-13(20)19-5-4-15(9-19)8-18(3)14(21)7-22-15/h4-9H2,1-3H3,(H,16,17)/t15-/m0/s1. The van der Waals surface area contributed by atoms with Crippen molar-refractivity contribution in [3.63, 3.8) is 0 Å². The highest BCUT2D eigenvalue weighted by molar-refractivity contribution is 5.80. The molecule has 1 N–H and O–H groups in total. The normalized spacial score (nSPS) is 25.3. The van der Waals surface area contributed by atoms with Crippen LogP contribution in [0.2, 0.25) is 0 Å². The molecule has 120 valence electrons. The number of likely N-dealkylation sites (tertiary alicyclic amines) is 1. The number of nitrogens with one attached hydrogen (secondary N) is 1. The number of rotatable bonds is 2. The van der Waals surface area contributed by atoms with Gasteiger partial charge in [-0.1, -0.05) is 0 Å². The van der Waals surface area contributed by atoms with Crippen molar-refractivity contribution in [2.45, 2.75) is 32.3 Å². The second kappa shape index (κ2) is 5.39. The Hall–Kier alpha value is -1.89. The fourth-order valence-corrected chi connectivity index (χ4v) is 3.29. The third-order valence-electron chi connectivity index (χ3n) is 4.73. The van der Waals surface area contributed by atoms with E-state index in [0.717, 1.165) is 23.4 Å². The van der Waals surface area contributed by atoms with Gasteiger partial charge in [0.05, 0.1) is 25.2 Å². The summed E-state index contributed by atoms with van der Waals surface area (Å²) in [5.74, 6) is 0.0904. The lowest BCUT2D eigenvalue weighted by atomic mass is 10.0. The average molecular weight is 306 g/mol. The van der Waals surface area contributed by atoms with Gasteiger partial charge in [0.2, 0.25) is 11.8 Å². The minimum absolute atomic E-state index is 0.0000447. The molecule has 2 aliphatic rings. The molecule has 7 heteroatoms. The Morgan fingerprint density at radius 1 is 1.41 bits per heavy atom. The molecule has 0 bridgehead atoms. The van der Waals surface area contributed by atoms with Gasteiger partial charge in [0.1, 0.15) is 12.2 Å². The monoisotopic (exact) mass is 306 g/mol. The van der Waals surface area contributed by atoms with Crippen molar-refractivity contribution >= 4 is 11.8 Å². The molecule has 1 atom stereocenters. The van der Waals surface area contributed by atoms with E-state index in [4.69, 9.17) is 4.74 Å². The average Bonchev–Trinajstić information content (AvgIpc) is 3.02. The van der Waals surface area contributed by atoms with Crippen molar-refractivity contribution in [1.82, 2.24) is 20.0 Å². The number of carbonyl (C=O) groups excluding carboxylic acids is 2. The Morgan fingerprint density at radius 2 is 2.18 bits per heavy atom. The molecule has 0 saturated carbocycles. The number of aryl methyl sites for hydroxylation is 2. The van der Waals surface area contributed by atoms with Crippen LogP contribution in [-0.2, 0) is 20.7 Å². The van der Waals surface area contributed by atoms with E-state index in [-0.39, 0.29) is 18.4 Å². The van der Waals surface area contributed by atoms with Crippen LogP contribution < -0.4 is 0 Å². The van der Waals surface area contributed by atoms with Crippen molar-refractivity contribution in [1.29, 1.82) is 0 Å². The highest BCUT2D eigenvalue weighted by Gasteiger charge is 2.45. The summed E-state index contributed by atoms with van der Waals surface area (Å²) < 4.78 is 5.77. The Kier molecular flexibility index (Phi) is 3.68. The number of ether oxygens (including phenoxy) is 1. The maximum atomic E-state index is 12.5. The number of hydrogen-bond acceptors (Lipinski definition) is 4. The van der Waals surface area contributed by atoms with Gasteiger partial charge in [-0.05, 0) is 20.3 Å². The summed E-state index contributed by atoms with van der Waals surface area (Å²) in [6.45, 7) is 5.73. The van der Waals surface area contributed by atoms with Gasteiger partial charge in [-0.25, -0.2) is 0 Å². The smallest absolute Gasteiger partial charge is 0.248 e. The van der Waals surface area contributed by atoms with Crippen LogP contribution >= 0.6 is 0 Å². The summed E-state index contributed by atoms with van der Waals surface area (Å²) in [6, 6.07) is 0. The first kappa shape index (κ1) is 15.0. The van der Waals surface area contributed by atoms with Gasteiger partial charge in [0.25, 0.3) is 0 Å². The predicted octanol–water partition coefficient (Wildman–Crippen LogP) is 0.0287. The number of aromatic nitrogens is 2. The van der Waals surface area contributed by atoms with E-state index < -0.39 is 5.60 Å². The number of nitrogens with zero attached hydrogens (tertiary/aromatic N) is 3. The minimum atomic E-state index is -0.390. The van der Waals surface area contributed by atoms with Crippen LogP contribution in [0.1, 0.15) is 23.4 Å². The first-order valence-corrected chi connectivity index (χ1v) is 7.56. The van der Waals surface area contributed by atoms with Crippen molar-refractivity contribution in [3.8, 4) is 0 Å². The second-order valence-electron chi connectivity index (χ2n) is 6.38. The quantitative estimate of drug-likeness (QED) is 0.836. The van der Waals surface area contributed by atoms with Gasteiger partial charge in [-0.3, -0.25) is 14.7 Å². The number of likely N-dealkylation sites (N-methyl/N-ethyl adjacent to an activating group) is 1. The first-order valence-electron chi connectivity index (χ1n) is 7.56. The molecule has 0 radical (unpaired) electrons. The molecule has 1 aromatic heterocycles. The highest BCUT2D eigenvalue weighted by atomic mass is 16.5. The summed E-state index contributed by atoms with van der Waals surface area (Å²) >= 11 is 0. The van der Waals surface area contributed by atoms with Crippen LogP contribution in [0.15, 0.2) is 0 Å². The predicted molar refractivity (Wildman–Crippen MR) is 79.3 cm³/mol. The van der Waals surface area contributed by atoms with Crippen LogP contribution in [-0.4, -0.2) is 70.7 Å². The van der Waals surface area contributed by atoms with Crippen LogP contribution in [0.4, 0.5) is 0 Å². The lowest BCUT2D eigenvalue weighted by Crippen LogP contribution is -2.54. The van der Waals surface area contributed by atoms with E-state index in [2.05, 4.69) is 10.2 Å². The number of morpholine rings is 1. The summed E-state index contributed by atoms with van der Waals surface area (Å²) in [4.78, 5) is 27.6. The summed E-state index contributed by atoms with van der Waals surface area (Å²) in [6.07, 6.45) is 1.14. The van der Waals surface area contributed by atoms with E-state index in [1.807, 2.05) is 18.7 Å². The highest BCUT2D eigenvalue weighted by Crippen LogP contribution is 2.29. The minimum Gasteiger partial charge on any atom is -0.361 e. The zero-order valence-corrected chi connectivity index (χ0v) is 13.3. The molecule has 2 amide bonds. The lowest BCUT2D eigenvalue weighted by Gasteiger charge is -2.38. The Balaban J connectivity index is 1.65. The van der Waals surface area contributed by atoms with Gasteiger partial charge in [0, 0.05) is 24.8 Å². The number of amides is 2. The molecular formula is C15H22N4O3. The van der Waals surface area contributed by atoms with Crippen molar-refractivity contribution in [2.24, 2.45) is 0 Å². The van der Waals surface area contributed by atoms with Crippen LogP contribution in [0.25, 0.3) is 0 Å². The second-order valence-corrected chi connectivity index (χ2v) is 6.38. The molecule has 22 heavy (non-hydrogen) atoms. The van der Waals surface area contributed by atoms with E-state index in [0.29, 0.717) is 26.1 Å². The van der Waals surface area contributed by atoms with Gasteiger partial charge < -0.3 is 14.5 Å². The van der Waals surface area contributed by atoms with E-state index >= 15 is 0 Å². The number of hydrogen-bond donors (Lipinski definition) is 1. The molecule has 0 aliphatic carbocycles. The number of carbonyl (C=O) groups is 2. The summed E-state index contributed by atoms with van der Waals surface area (Å²) in [5, 5.41) is 7.04. The zero-order chi connectivity index (χ0) is 15.9. The van der Waals surface area contributed by atoms with Crippen molar-refractivity contribution < 1.29 is 14.3 Å². The van der Waals surface area contributed by atoms with Crippen LogP contribution in [0.3, 0.4) is 0 Å². The molecule has 3 heterocycles. The van der Waals surface area contributed by atoms with Crippen LogP contribution in [0.5, 0.6) is 0 Å². The van der Waals surface area contributed by atoms with Gasteiger partial charge in [-0.15, -0.1) is 0 Å². The Bertz CT molecular complexity index is 592. The fourth-order valence-electron chi connectivity index (χ4n) is 3.29. The van der Waals surface area contributed by atoms with E-state index in [1.165, 1.54) is 0 Å². The lowest BCUT2D eigenvalue weighted by molar-refractivity contribution is -0.159. The molecule has 0 aromatic carbocycles. The molecule has 7 nitrogen and oxygen atoms in total. The topological polar surface area (TPSA) is 78.5 Å². The first-order chi connectivity index (χ1) is 10.4. The zero-order valence-electron chi connectivity index (χ0n) is 13.3. The molecule has 1 aromatic rings. The van der Waals surface area contributed by atoms with Gasteiger partial charge in [0.15, 0.2) is 0 Å². The SMILES string of the molecule is Cc1n[nH]c(C)c1CC(=O)N1CC[C@]2(CN(C)C(=O)CO2)C1. The number of H-pyrrole nitrogens is 1. The number of aromatic amines is 1. The molecule has 3 rings (SSSR count). The van der Waals surface area contributed by atoms with Crippen molar-refractivity contribution in [2.75, 3.05) is 33.3 Å². The molecule has 2 fully saturated rings. The maximum Gasteiger partial charge on any atom is 0.248 e. The Labute approximate surface area is 129 Å². The summed E-state index contributed by atoms with van der Waals surface area (Å²) in [5.41, 5.74) is 2.40. The van der Waals surface area contributed by atoms with Gasteiger partial charge >= 0.3 is 0 Å². The largest absolute Gasteiger partial charge is 0.361 e. The van der Waals surface area contributed by atoms with E-state index in [1.54, 1.807) is 11.9 Å². The van der Waals surface area contributed by atoms with E-state index in [9.17, 15) is 9.59 Å². The van der Waals surface area contributed by atoms with Crippen LogP contribution in [0, 0.1) is 13.8 Å². The maximum absolute atomic E-state index is 12.5. The summed E-state index contributed by atoms with van der Waals surface area (Å²) in [7, 11) is 1.79. The molecular weight excluding hydrogens is 284 g/mol. The third-order valence-corrected chi connectivity index (χ3v) is 4.73. The molecule has 0 unspecified atom stereocenters. The molecule has 1 spiro atoms. The Morgan fingerprint density at radius 3 is 2.82 bits per heavy atom. The molecule has 2 aliphatic heterocycles. The van der Waals surface area contributed by atoms with Gasteiger partial charge in [-0.2, -0.15) is 5.10 Å².